The molecular weight excluding hydrogens is 286 g/mol. The minimum atomic E-state index is 0.119. The van der Waals surface area contributed by atoms with Crippen molar-refractivity contribution in [3.8, 4) is 0 Å². The molecule has 1 aromatic carbocycles. The summed E-state index contributed by atoms with van der Waals surface area (Å²) in [6.45, 7) is 4.97. The van der Waals surface area contributed by atoms with E-state index in [1.54, 1.807) is 7.05 Å². The molecule has 2 aliphatic rings. The molecule has 1 aliphatic carbocycles. The molecule has 126 valence electrons. The van der Waals surface area contributed by atoms with Crippen LogP contribution in [0.15, 0.2) is 30.3 Å². The minimum absolute atomic E-state index is 0.119. The summed E-state index contributed by atoms with van der Waals surface area (Å²) in [5.74, 6) is 0.119. The van der Waals surface area contributed by atoms with Crippen molar-refractivity contribution in [2.24, 2.45) is 0 Å². The first-order valence-electron chi connectivity index (χ1n) is 8.83. The highest BCUT2D eigenvalue weighted by atomic mass is 16.1. The number of hydrogen-bond donors (Lipinski definition) is 2. The number of carbonyl (C=O) groups is 1. The molecule has 0 unspecified atom stereocenters. The Kier molecular flexibility index (Phi) is 5.02. The molecule has 3 rings (SSSR count). The molecule has 1 saturated heterocycles. The van der Waals surface area contributed by atoms with E-state index >= 15 is 0 Å². The maximum atomic E-state index is 11.4. The summed E-state index contributed by atoms with van der Waals surface area (Å²) in [6, 6.07) is 12.2. The van der Waals surface area contributed by atoms with Gasteiger partial charge in [0, 0.05) is 32.2 Å². The number of nitrogens with zero attached hydrogens (tertiary/aromatic N) is 1. The number of rotatable bonds is 5. The highest BCUT2D eigenvalue weighted by molar-refractivity contribution is 5.77. The molecule has 0 spiro atoms. The van der Waals surface area contributed by atoms with Crippen LogP contribution in [0.2, 0.25) is 0 Å². The SMILES string of the molecule is CNC(=O)CN1CCC(NC2CC(C)(c3ccccc3)C2)CC1. The molecule has 23 heavy (non-hydrogen) atoms. The zero-order valence-electron chi connectivity index (χ0n) is 14.3. The summed E-state index contributed by atoms with van der Waals surface area (Å²) in [7, 11) is 1.71. The molecule has 0 bridgehead atoms. The van der Waals surface area contributed by atoms with Crippen molar-refractivity contribution in [3.63, 3.8) is 0 Å². The van der Waals surface area contributed by atoms with Crippen molar-refractivity contribution in [2.45, 2.75) is 50.1 Å². The lowest BCUT2D eigenvalue weighted by Gasteiger charge is -2.48. The average molecular weight is 315 g/mol. The Morgan fingerprint density at radius 2 is 1.83 bits per heavy atom. The van der Waals surface area contributed by atoms with Gasteiger partial charge in [0.15, 0.2) is 0 Å². The Morgan fingerprint density at radius 3 is 2.43 bits per heavy atom. The summed E-state index contributed by atoms with van der Waals surface area (Å²) >= 11 is 0. The van der Waals surface area contributed by atoms with Crippen LogP contribution in [0.4, 0.5) is 0 Å². The van der Waals surface area contributed by atoms with Crippen LogP contribution in [-0.4, -0.2) is 49.6 Å². The third kappa shape index (κ3) is 3.93. The fourth-order valence-electron chi connectivity index (χ4n) is 4.10. The highest BCUT2D eigenvalue weighted by Crippen LogP contribution is 2.43. The summed E-state index contributed by atoms with van der Waals surface area (Å²) in [6.07, 6.45) is 4.76. The van der Waals surface area contributed by atoms with E-state index in [1.807, 2.05) is 0 Å². The van der Waals surface area contributed by atoms with Gasteiger partial charge < -0.3 is 10.6 Å². The Morgan fingerprint density at radius 1 is 1.17 bits per heavy atom. The van der Waals surface area contributed by atoms with Crippen molar-refractivity contribution >= 4 is 5.91 Å². The van der Waals surface area contributed by atoms with E-state index < -0.39 is 0 Å². The zero-order chi connectivity index (χ0) is 16.3. The molecule has 0 aromatic heterocycles. The van der Waals surface area contributed by atoms with Crippen molar-refractivity contribution < 1.29 is 4.79 Å². The predicted molar refractivity (Wildman–Crippen MR) is 93.5 cm³/mol. The monoisotopic (exact) mass is 315 g/mol. The molecule has 4 nitrogen and oxygen atoms in total. The van der Waals surface area contributed by atoms with Gasteiger partial charge in [-0.3, -0.25) is 9.69 Å². The number of likely N-dealkylation sites (N-methyl/N-ethyl adjacent to an activating group) is 1. The van der Waals surface area contributed by atoms with Gasteiger partial charge in [-0.05, 0) is 36.7 Å². The topological polar surface area (TPSA) is 44.4 Å². The fraction of sp³-hybridized carbons (Fsp3) is 0.632. The quantitative estimate of drug-likeness (QED) is 0.872. The van der Waals surface area contributed by atoms with Crippen LogP contribution in [0.1, 0.15) is 38.2 Å². The number of benzene rings is 1. The summed E-state index contributed by atoms with van der Waals surface area (Å²) in [5.41, 5.74) is 1.82. The van der Waals surface area contributed by atoms with E-state index in [0.29, 0.717) is 24.0 Å². The van der Waals surface area contributed by atoms with Crippen LogP contribution >= 0.6 is 0 Å². The van der Waals surface area contributed by atoms with Gasteiger partial charge in [0.1, 0.15) is 0 Å². The van der Waals surface area contributed by atoms with E-state index in [1.165, 1.54) is 18.4 Å². The lowest BCUT2D eigenvalue weighted by atomic mass is 9.63. The predicted octanol–water partition coefficient (Wildman–Crippen LogP) is 1.91. The van der Waals surface area contributed by atoms with Crippen molar-refractivity contribution in [2.75, 3.05) is 26.7 Å². The van der Waals surface area contributed by atoms with E-state index in [-0.39, 0.29) is 5.91 Å². The second-order valence-corrected chi connectivity index (χ2v) is 7.42. The van der Waals surface area contributed by atoms with Crippen LogP contribution < -0.4 is 10.6 Å². The third-order valence-corrected chi connectivity index (χ3v) is 5.57. The summed E-state index contributed by atoms with van der Waals surface area (Å²) in [4.78, 5) is 13.7. The van der Waals surface area contributed by atoms with Gasteiger partial charge in [-0.1, -0.05) is 37.3 Å². The average Bonchev–Trinajstić information content (AvgIpc) is 2.55. The summed E-state index contributed by atoms with van der Waals surface area (Å²) in [5, 5.41) is 6.54. The lowest BCUT2D eigenvalue weighted by molar-refractivity contribution is -0.122. The number of nitrogens with one attached hydrogen (secondary N) is 2. The van der Waals surface area contributed by atoms with Crippen LogP contribution in [-0.2, 0) is 10.2 Å². The van der Waals surface area contributed by atoms with Gasteiger partial charge >= 0.3 is 0 Å². The molecule has 2 N–H and O–H groups in total. The number of carbonyl (C=O) groups excluding carboxylic acids is 1. The van der Waals surface area contributed by atoms with Gasteiger partial charge in [-0.15, -0.1) is 0 Å². The van der Waals surface area contributed by atoms with Crippen molar-refractivity contribution in [1.29, 1.82) is 0 Å². The second-order valence-electron chi connectivity index (χ2n) is 7.42. The van der Waals surface area contributed by atoms with Crippen molar-refractivity contribution in [1.82, 2.24) is 15.5 Å². The van der Waals surface area contributed by atoms with Crippen molar-refractivity contribution in [3.05, 3.63) is 35.9 Å². The van der Waals surface area contributed by atoms with Crippen LogP contribution in [0, 0.1) is 0 Å². The Bertz CT molecular complexity index is 517. The number of hydrogen-bond acceptors (Lipinski definition) is 3. The number of likely N-dealkylation sites (tertiary alicyclic amines) is 1. The number of amides is 1. The van der Waals surface area contributed by atoms with Gasteiger partial charge in [-0.25, -0.2) is 0 Å². The Hall–Kier alpha value is -1.39. The fourth-order valence-corrected chi connectivity index (χ4v) is 4.10. The molecule has 1 amide bonds. The van der Waals surface area contributed by atoms with E-state index in [0.717, 1.165) is 25.9 Å². The van der Waals surface area contributed by atoms with E-state index in [9.17, 15) is 4.79 Å². The highest BCUT2D eigenvalue weighted by Gasteiger charge is 2.42. The second kappa shape index (κ2) is 7.02. The van der Waals surface area contributed by atoms with E-state index in [4.69, 9.17) is 0 Å². The zero-order valence-corrected chi connectivity index (χ0v) is 14.3. The van der Waals surface area contributed by atoms with Gasteiger partial charge in [0.2, 0.25) is 5.91 Å². The molecule has 1 saturated carbocycles. The molecule has 4 heteroatoms. The maximum absolute atomic E-state index is 11.4. The Labute approximate surface area is 139 Å². The molecule has 0 radical (unpaired) electrons. The van der Waals surface area contributed by atoms with Gasteiger partial charge in [-0.2, -0.15) is 0 Å². The van der Waals surface area contributed by atoms with Crippen LogP contribution in [0.25, 0.3) is 0 Å². The molecule has 1 aromatic rings. The first-order chi connectivity index (χ1) is 11.1. The third-order valence-electron chi connectivity index (χ3n) is 5.57. The molecule has 1 aliphatic heterocycles. The molecule has 0 atom stereocenters. The Balaban J connectivity index is 1.41. The summed E-state index contributed by atoms with van der Waals surface area (Å²) < 4.78 is 0. The van der Waals surface area contributed by atoms with Gasteiger partial charge in [0.25, 0.3) is 0 Å². The van der Waals surface area contributed by atoms with Crippen LogP contribution in [0.5, 0.6) is 0 Å². The van der Waals surface area contributed by atoms with Crippen LogP contribution in [0.3, 0.4) is 0 Å². The number of piperidine rings is 1. The first-order valence-corrected chi connectivity index (χ1v) is 8.83. The van der Waals surface area contributed by atoms with E-state index in [2.05, 4.69) is 52.8 Å². The molecule has 1 heterocycles. The first kappa shape index (κ1) is 16.5. The maximum Gasteiger partial charge on any atom is 0.233 e. The van der Waals surface area contributed by atoms with Gasteiger partial charge in [0.05, 0.1) is 6.54 Å². The largest absolute Gasteiger partial charge is 0.358 e. The molecular formula is C19H29N3O. The normalized spacial score (nSPS) is 29.0. The minimum Gasteiger partial charge on any atom is -0.358 e. The smallest absolute Gasteiger partial charge is 0.233 e. The molecule has 2 fully saturated rings. The lowest BCUT2D eigenvalue weighted by Crippen LogP contribution is -2.55. The standard InChI is InChI=1S/C19H29N3O/c1-19(15-6-4-3-5-7-15)12-17(13-19)21-16-8-10-22(11-9-16)14-18(23)20-2/h3-7,16-17,21H,8-14H2,1-2H3,(H,20,23).